The molecule has 18 heavy (non-hydrogen) atoms. The molecular weight excluding hydrogens is 242 g/mol. The Morgan fingerprint density at radius 2 is 2.22 bits per heavy atom. The van der Waals surface area contributed by atoms with Crippen molar-refractivity contribution in [2.75, 3.05) is 6.61 Å². The molecule has 0 radical (unpaired) electrons. The molecule has 7 nitrogen and oxygen atoms in total. The Morgan fingerprint density at radius 3 is 2.78 bits per heavy atom. The topological polar surface area (TPSA) is 98.9 Å². The molecule has 0 amide bonds. The van der Waals surface area contributed by atoms with Gasteiger partial charge in [-0.2, -0.15) is 0 Å². The van der Waals surface area contributed by atoms with Crippen LogP contribution in [0.4, 0.5) is 0 Å². The lowest BCUT2D eigenvalue weighted by atomic mass is 10.2. The molecule has 0 aliphatic rings. The number of carbonyl (C=O) groups excluding carboxylic acids is 1. The molecular formula is C11H13NO6. The first-order valence-corrected chi connectivity index (χ1v) is 5.37. The van der Waals surface area contributed by atoms with E-state index in [0.717, 1.165) is 18.9 Å². The van der Waals surface area contributed by atoms with Crippen molar-refractivity contribution in [2.24, 2.45) is 0 Å². The lowest BCUT2D eigenvalue weighted by molar-refractivity contribution is -0.711. The van der Waals surface area contributed by atoms with Gasteiger partial charge in [0.25, 0.3) is 5.09 Å². The fourth-order valence-electron chi connectivity index (χ4n) is 1.21. The second-order valence-electron chi connectivity index (χ2n) is 3.48. The van der Waals surface area contributed by atoms with Crippen molar-refractivity contribution in [3.8, 4) is 11.5 Å². The van der Waals surface area contributed by atoms with Crippen LogP contribution < -0.4 is 4.84 Å². The minimum absolute atomic E-state index is 0.0539. The molecule has 1 rings (SSSR count). The maximum atomic E-state index is 11.5. The first-order valence-electron chi connectivity index (χ1n) is 5.37. The van der Waals surface area contributed by atoms with Crippen LogP contribution in [0.3, 0.4) is 0 Å². The summed E-state index contributed by atoms with van der Waals surface area (Å²) in [4.78, 5) is 25.7. The standard InChI is InChI=1S/C11H13NO6/c1-2-3-6-17-11(14)9-5-4-8(7-10(9)13)18-12(15)16/h4-5,7,13H,2-3,6H2,1H3. The third-order valence-electron chi connectivity index (χ3n) is 2.10. The molecule has 0 saturated carbocycles. The molecule has 1 aromatic rings. The van der Waals surface area contributed by atoms with Gasteiger partial charge in [0, 0.05) is 6.07 Å². The van der Waals surface area contributed by atoms with Gasteiger partial charge in [-0.25, -0.2) is 4.79 Å². The number of hydrogen-bond acceptors (Lipinski definition) is 6. The minimum Gasteiger partial charge on any atom is -0.507 e. The molecule has 0 aromatic heterocycles. The number of carbonyl (C=O) groups is 1. The van der Waals surface area contributed by atoms with Crippen molar-refractivity contribution < 1.29 is 24.6 Å². The Hall–Kier alpha value is -2.31. The summed E-state index contributed by atoms with van der Waals surface area (Å²) in [6, 6.07) is 3.40. The monoisotopic (exact) mass is 255 g/mol. The van der Waals surface area contributed by atoms with Crippen LogP contribution in [0.5, 0.6) is 11.5 Å². The molecule has 1 N–H and O–H groups in total. The van der Waals surface area contributed by atoms with Gasteiger partial charge < -0.3 is 9.84 Å². The molecule has 7 heteroatoms. The Kier molecular flexibility index (Phi) is 4.91. The summed E-state index contributed by atoms with van der Waals surface area (Å²) in [7, 11) is 0. The van der Waals surface area contributed by atoms with Gasteiger partial charge in [0.2, 0.25) is 0 Å². The summed E-state index contributed by atoms with van der Waals surface area (Å²) >= 11 is 0. The third-order valence-corrected chi connectivity index (χ3v) is 2.10. The summed E-state index contributed by atoms with van der Waals surface area (Å²) < 4.78 is 4.90. The number of unbranched alkanes of at least 4 members (excludes halogenated alkanes) is 1. The van der Waals surface area contributed by atoms with Crippen LogP contribution in [0, 0.1) is 10.1 Å². The lowest BCUT2D eigenvalue weighted by Gasteiger charge is -2.06. The number of benzene rings is 1. The largest absolute Gasteiger partial charge is 0.507 e. The van der Waals surface area contributed by atoms with Crippen molar-refractivity contribution in [2.45, 2.75) is 19.8 Å². The number of phenols is 1. The Morgan fingerprint density at radius 1 is 1.50 bits per heavy atom. The number of aromatic hydroxyl groups is 1. The van der Waals surface area contributed by atoms with Gasteiger partial charge in [-0.1, -0.05) is 13.3 Å². The van der Waals surface area contributed by atoms with E-state index in [1.54, 1.807) is 0 Å². The molecule has 0 spiro atoms. The van der Waals surface area contributed by atoms with Gasteiger partial charge in [-0.15, -0.1) is 10.1 Å². The highest BCUT2D eigenvalue weighted by molar-refractivity contribution is 5.92. The highest BCUT2D eigenvalue weighted by Gasteiger charge is 2.13. The van der Waals surface area contributed by atoms with Crippen LogP contribution in [0.25, 0.3) is 0 Å². The van der Waals surface area contributed by atoms with Crippen molar-refractivity contribution in [3.63, 3.8) is 0 Å². The van der Waals surface area contributed by atoms with Crippen molar-refractivity contribution in [1.82, 2.24) is 0 Å². The summed E-state index contributed by atoms with van der Waals surface area (Å²) in [6.45, 7) is 2.22. The van der Waals surface area contributed by atoms with E-state index in [0.29, 0.717) is 0 Å². The zero-order valence-corrected chi connectivity index (χ0v) is 9.79. The average Bonchev–Trinajstić information content (AvgIpc) is 2.28. The second-order valence-corrected chi connectivity index (χ2v) is 3.48. The van der Waals surface area contributed by atoms with Crippen LogP contribution in [-0.4, -0.2) is 22.8 Å². The van der Waals surface area contributed by atoms with E-state index in [-0.39, 0.29) is 17.9 Å². The quantitative estimate of drug-likeness (QED) is 0.361. The van der Waals surface area contributed by atoms with Crippen molar-refractivity contribution >= 4 is 5.97 Å². The molecule has 98 valence electrons. The summed E-state index contributed by atoms with van der Waals surface area (Å²) in [5, 5.41) is 18.6. The fourth-order valence-corrected chi connectivity index (χ4v) is 1.21. The van der Waals surface area contributed by atoms with Gasteiger partial charge in [0.15, 0.2) is 0 Å². The van der Waals surface area contributed by atoms with E-state index in [9.17, 15) is 20.0 Å². The smallest absolute Gasteiger partial charge is 0.341 e. The number of hydrogen-bond donors (Lipinski definition) is 1. The minimum atomic E-state index is -1.01. The summed E-state index contributed by atoms with van der Waals surface area (Å²) in [6.07, 6.45) is 1.61. The Bertz CT molecular complexity index is 445. The van der Waals surface area contributed by atoms with Gasteiger partial charge in [-0.3, -0.25) is 4.84 Å². The van der Waals surface area contributed by atoms with Gasteiger partial charge in [0.05, 0.1) is 6.61 Å². The highest BCUT2D eigenvalue weighted by atomic mass is 17.0. The lowest BCUT2D eigenvalue weighted by Crippen LogP contribution is -2.07. The van der Waals surface area contributed by atoms with Crippen molar-refractivity contribution in [1.29, 1.82) is 0 Å². The van der Waals surface area contributed by atoms with E-state index in [2.05, 4.69) is 4.84 Å². The number of rotatable bonds is 6. The summed E-state index contributed by atoms with van der Waals surface area (Å²) in [5.74, 6) is -1.26. The van der Waals surface area contributed by atoms with Crippen LogP contribution in [0.1, 0.15) is 30.1 Å². The maximum Gasteiger partial charge on any atom is 0.341 e. The predicted molar refractivity (Wildman–Crippen MR) is 60.9 cm³/mol. The number of phenolic OH excluding ortho intramolecular Hbond substituents is 1. The first kappa shape index (κ1) is 13.8. The van der Waals surface area contributed by atoms with Gasteiger partial charge >= 0.3 is 5.97 Å². The molecule has 1 aromatic carbocycles. The zero-order chi connectivity index (χ0) is 13.5. The van der Waals surface area contributed by atoms with Crippen LogP contribution in [0.2, 0.25) is 0 Å². The molecule has 0 fully saturated rings. The third kappa shape index (κ3) is 3.93. The molecule has 0 unspecified atom stereocenters. The summed E-state index contributed by atoms with van der Waals surface area (Å²) in [5.41, 5.74) is -0.0539. The molecule has 0 heterocycles. The van der Waals surface area contributed by atoms with Crippen LogP contribution >= 0.6 is 0 Å². The SMILES string of the molecule is CCCCOC(=O)c1ccc(O[N+](=O)[O-])cc1O. The Labute approximate surface area is 103 Å². The van der Waals surface area contributed by atoms with Crippen molar-refractivity contribution in [3.05, 3.63) is 33.9 Å². The van der Waals surface area contributed by atoms with E-state index < -0.39 is 16.8 Å². The average molecular weight is 255 g/mol. The highest BCUT2D eigenvalue weighted by Crippen LogP contribution is 2.24. The van der Waals surface area contributed by atoms with Crippen LogP contribution in [0.15, 0.2) is 18.2 Å². The molecule has 0 aliphatic carbocycles. The molecule has 0 atom stereocenters. The molecule has 0 bridgehead atoms. The second kappa shape index (κ2) is 6.43. The first-order chi connectivity index (χ1) is 8.54. The number of ether oxygens (including phenoxy) is 1. The van der Waals surface area contributed by atoms with Gasteiger partial charge in [-0.05, 0) is 18.6 Å². The number of nitrogens with zero attached hydrogens (tertiary/aromatic N) is 1. The van der Waals surface area contributed by atoms with E-state index in [1.165, 1.54) is 12.1 Å². The predicted octanol–water partition coefficient (Wildman–Crippen LogP) is 1.92. The molecule has 0 saturated heterocycles. The maximum absolute atomic E-state index is 11.5. The van der Waals surface area contributed by atoms with Crippen LogP contribution in [-0.2, 0) is 4.74 Å². The van der Waals surface area contributed by atoms with Gasteiger partial charge in [0.1, 0.15) is 17.1 Å². The Balaban J connectivity index is 2.72. The van der Waals surface area contributed by atoms with E-state index >= 15 is 0 Å². The fraction of sp³-hybridized carbons (Fsp3) is 0.364. The number of esters is 1. The molecule has 0 aliphatic heterocycles. The van der Waals surface area contributed by atoms with E-state index in [4.69, 9.17) is 4.74 Å². The normalized spacial score (nSPS) is 9.83. The zero-order valence-electron chi connectivity index (χ0n) is 9.79. The van der Waals surface area contributed by atoms with E-state index in [1.807, 2.05) is 6.92 Å².